The first-order chi connectivity index (χ1) is 12.0. The molecule has 1 aliphatic rings. The second kappa shape index (κ2) is 7.97. The molecule has 2 aromatic carbocycles. The van der Waals surface area contributed by atoms with Crippen LogP contribution in [0.3, 0.4) is 0 Å². The molecule has 1 saturated carbocycles. The molecule has 0 unspecified atom stereocenters. The van der Waals surface area contributed by atoms with Gasteiger partial charge in [-0.15, -0.1) is 0 Å². The summed E-state index contributed by atoms with van der Waals surface area (Å²) in [5, 5.41) is 3.50. The van der Waals surface area contributed by atoms with Crippen molar-refractivity contribution in [3.05, 3.63) is 53.1 Å². The molecular weight excluding hydrogens is 368 g/mol. The normalized spacial score (nSPS) is 13.4. The highest BCUT2D eigenvalue weighted by Crippen LogP contribution is 2.32. The minimum Gasteiger partial charge on any atom is -0.490 e. The summed E-state index contributed by atoms with van der Waals surface area (Å²) >= 11 is 11.4. The lowest BCUT2D eigenvalue weighted by Gasteiger charge is -2.12. The van der Waals surface area contributed by atoms with E-state index >= 15 is 0 Å². The van der Waals surface area contributed by atoms with E-state index in [0.29, 0.717) is 35.6 Å². The maximum atomic E-state index is 13.2. The number of hydrogen-bond acceptors (Lipinski definition) is 3. The number of nitrogens with one attached hydrogen (secondary N) is 1. The third-order valence-corrected chi connectivity index (χ3v) is 4.36. The quantitative estimate of drug-likeness (QED) is 0.531. The van der Waals surface area contributed by atoms with Gasteiger partial charge in [0.15, 0.2) is 0 Å². The Balaban J connectivity index is 1.53. The van der Waals surface area contributed by atoms with Crippen LogP contribution in [0.1, 0.15) is 12.8 Å². The van der Waals surface area contributed by atoms with Crippen molar-refractivity contribution in [3.63, 3.8) is 0 Å². The van der Waals surface area contributed by atoms with Gasteiger partial charge in [-0.1, -0.05) is 23.8 Å². The fourth-order valence-electron chi connectivity index (χ4n) is 2.21. The van der Waals surface area contributed by atoms with Crippen molar-refractivity contribution in [2.24, 2.45) is 5.92 Å². The topological polar surface area (TPSA) is 30.5 Å². The number of benzene rings is 2. The summed E-state index contributed by atoms with van der Waals surface area (Å²) in [5.74, 6) is 0.0204. The van der Waals surface area contributed by atoms with Crippen molar-refractivity contribution in [2.75, 3.05) is 13.2 Å². The summed E-state index contributed by atoms with van der Waals surface area (Å²) in [7, 11) is 0. The lowest BCUT2D eigenvalue weighted by Crippen LogP contribution is -2.27. The van der Waals surface area contributed by atoms with Gasteiger partial charge in [0.2, 0.25) is 0 Å². The zero-order valence-corrected chi connectivity index (χ0v) is 14.8. The van der Waals surface area contributed by atoms with E-state index in [4.69, 9.17) is 33.3 Å². The molecule has 0 atom stereocenters. The average molecular weight is 384 g/mol. The summed E-state index contributed by atoms with van der Waals surface area (Å²) < 4.78 is 37.4. The molecule has 0 spiro atoms. The van der Waals surface area contributed by atoms with Crippen LogP contribution in [0.4, 0.5) is 8.78 Å². The lowest BCUT2D eigenvalue weighted by atomic mass is 10.3. The maximum absolute atomic E-state index is 13.2. The minimum absolute atomic E-state index is 0.0556. The van der Waals surface area contributed by atoms with Gasteiger partial charge in [-0.05, 0) is 25.0 Å². The molecular formula is C18H16ClF2NO2S. The van der Waals surface area contributed by atoms with Gasteiger partial charge in [0.1, 0.15) is 35.5 Å². The zero-order chi connectivity index (χ0) is 17.8. The molecule has 3 rings (SSSR count). The monoisotopic (exact) mass is 383 g/mol. The van der Waals surface area contributed by atoms with Crippen LogP contribution in [-0.4, -0.2) is 18.1 Å². The summed E-state index contributed by atoms with van der Waals surface area (Å²) in [6, 6.07) is 7.76. The van der Waals surface area contributed by atoms with Crippen molar-refractivity contribution in [1.29, 1.82) is 0 Å². The van der Waals surface area contributed by atoms with Crippen LogP contribution in [0.5, 0.6) is 17.2 Å². The van der Waals surface area contributed by atoms with Gasteiger partial charge in [-0.25, -0.2) is 8.78 Å². The first-order valence-corrected chi connectivity index (χ1v) is 8.64. The molecule has 132 valence electrons. The minimum atomic E-state index is -0.710. The first-order valence-electron chi connectivity index (χ1n) is 7.85. The SMILES string of the molecule is Fc1cc(F)cc(Oc2ccc(OCCNC(=S)C3CC3)c(Cl)c2)c1. The van der Waals surface area contributed by atoms with Gasteiger partial charge in [-0.3, -0.25) is 0 Å². The van der Waals surface area contributed by atoms with Crippen molar-refractivity contribution >= 4 is 28.8 Å². The molecule has 0 bridgehead atoms. The molecule has 0 radical (unpaired) electrons. The van der Waals surface area contributed by atoms with E-state index in [2.05, 4.69) is 5.32 Å². The van der Waals surface area contributed by atoms with Gasteiger partial charge in [-0.2, -0.15) is 0 Å². The van der Waals surface area contributed by atoms with Crippen LogP contribution in [0.2, 0.25) is 5.02 Å². The van der Waals surface area contributed by atoms with Gasteiger partial charge in [0.25, 0.3) is 0 Å². The summed E-state index contributed by atoms with van der Waals surface area (Å²) in [4.78, 5) is 0.890. The second-order valence-corrected chi connectivity index (χ2v) is 6.56. The Labute approximate surface area is 154 Å². The zero-order valence-electron chi connectivity index (χ0n) is 13.2. The predicted octanol–water partition coefficient (Wildman–Crippen LogP) is 5.12. The van der Waals surface area contributed by atoms with Crippen LogP contribution < -0.4 is 14.8 Å². The average Bonchev–Trinajstić information content (AvgIpc) is 3.37. The summed E-state index contributed by atoms with van der Waals surface area (Å²) in [5.41, 5.74) is 0. The highest BCUT2D eigenvalue weighted by atomic mass is 35.5. The van der Waals surface area contributed by atoms with Gasteiger partial charge in [0, 0.05) is 36.7 Å². The Hall–Kier alpha value is -1.92. The van der Waals surface area contributed by atoms with Crippen molar-refractivity contribution in [1.82, 2.24) is 5.32 Å². The molecule has 0 aliphatic heterocycles. The van der Waals surface area contributed by atoms with E-state index in [9.17, 15) is 8.78 Å². The molecule has 0 heterocycles. The Morgan fingerprint density at radius 1 is 1.12 bits per heavy atom. The first kappa shape index (κ1) is 17.9. The van der Waals surface area contributed by atoms with Crippen LogP contribution in [0.25, 0.3) is 0 Å². The largest absolute Gasteiger partial charge is 0.490 e. The maximum Gasteiger partial charge on any atom is 0.138 e. The molecule has 1 N–H and O–H groups in total. The number of ether oxygens (including phenoxy) is 2. The molecule has 0 amide bonds. The molecule has 1 fully saturated rings. The van der Waals surface area contributed by atoms with Crippen LogP contribution in [-0.2, 0) is 0 Å². The van der Waals surface area contributed by atoms with Crippen LogP contribution in [0, 0.1) is 17.6 Å². The molecule has 0 aromatic heterocycles. The third kappa shape index (κ3) is 5.28. The predicted molar refractivity (Wildman–Crippen MR) is 96.7 cm³/mol. The fraction of sp³-hybridized carbons (Fsp3) is 0.278. The molecule has 7 heteroatoms. The molecule has 0 saturated heterocycles. The molecule has 25 heavy (non-hydrogen) atoms. The van der Waals surface area contributed by atoms with E-state index in [1.165, 1.54) is 6.07 Å². The Morgan fingerprint density at radius 2 is 1.84 bits per heavy atom. The van der Waals surface area contributed by atoms with E-state index in [1.807, 2.05) is 0 Å². The summed E-state index contributed by atoms with van der Waals surface area (Å²) in [6.45, 7) is 1.02. The summed E-state index contributed by atoms with van der Waals surface area (Å²) in [6.07, 6.45) is 2.32. The van der Waals surface area contributed by atoms with Gasteiger partial charge < -0.3 is 14.8 Å². The standard InChI is InChI=1S/C18H16ClF2NO2S/c19-16-10-14(24-15-8-12(20)7-13(21)9-15)3-4-17(16)23-6-5-22-18(25)11-1-2-11/h3-4,7-11H,1-2,5-6H2,(H,22,25). The van der Waals surface area contributed by atoms with Crippen LogP contribution in [0.15, 0.2) is 36.4 Å². The van der Waals surface area contributed by atoms with E-state index in [0.717, 1.165) is 36.0 Å². The molecule has 1 aliphatic carbocycles. The van der Waals surface area contributed by atoms with Crippen molar-refractivity contribution in [3.8, 4) is 17.2 Å². The smallest absolute Gasteiger partial charge is 0.138 e. The lowest BCUT2D eigenvalue weighted by molar-refractivity contribution is 0.322. The third-order valence-electron chi connectivity index (χ3n) is 3.58. The number of thiocarbonyl (C=S) groups is 1. The number of rotatable bonds is 7. The van der Waals surface area contributed by atoms with Crippen molar-refractivity contribution < 1.29 is 18.3 Å². The second-order valence-electron chi connectivity index (χ2n) is 5.71. The van der Waals surface area contributed by atoms with Gasteiger partial charge >= 0.3 is 0 Å². The Morgan fingerprint density at radius 3 is 2.48 bits per heavy atom. The van der Waals surface area contributed by atoms with E-state index in [1.54, 1.807) is 12.1 Å². The van der Waals surface area contributed by atoms with Gasteiger partial charge in [0.05, 0.1) is 10.0 Å². The Kier molecular flexibility index (Phi) is 5.71. The highest BCUT2D eigenvalue weighted by Gasteiger charge is 2.25. The number of halogens is 3. The van der Waals surface area contributed by atoms with E-state index in [-0.39, 0.29) is 5.75 Å². The molecule has 3 nitrogen and oxygen atoms in total. The molecule has 2 aromatic rings. The van der Waals surface area contributed by atoms with Crippen LogP contribution >= 0.6 is 23.8 Å². The highest BCUT2D eigenvalue weighted by molar-refractivity contribution is 7.80. The fourth-order valence-corrected chi connectivity index (χ4v) is 2.77. The van der Waals surface area contributed by atoms with Crippen molar-refractivity contribution in [2.45, 2.75) is 12.8 Å². The Bertz CT molecular complexity index is 763. The van der Waals surface area contributed by atoms with E-state index < -0.39 is 11.6 Å². The number of hydrogen-bond donors (Lipinski definition) is 1.